The molecule has 0 bridgehead atoms. The van der Waals surface area contributed by atoms with Gasteiger partial charge in [0.2, 0.25) is 0 Å². The largest absolute Gasteiger partial charge is 0.494 e. The zero-order chi connectivity index (χ0) is 13.7. The third-order valence-corrected chi connectivity index (χ3v) is 2.45. The zero-order valence-electron chi connectivity index (χ0n) is 10.4. The fourth-order valence-electron chi connectivity index (χ4n) is 1.33. The number of hydrogen-bond acceptors (Lipinski definition) is 5. The summed E-state index contributed by atoms with van der Waals surface area (Å²) >= 11 is 0. The van der Waals surface area contributed by atoms with E-state index in [2.05, 4.69) is 5.32 Å². The lowest BCUT2D eigenvalue weighted by Gasteiger charge is -2.13. The third kappa shape index (κ3) is 3.30. The number of nitrogens with zero attached hydrogens (tertiary/aromatic N) is 1. The molecule has 0 saturated heterocycles. The smallest absolute Gasteiger partial charge is 0.295 e. The van der Waals surface area contributed by atoms with E-state index in [9.17, 15) is 14.5 Å². The van der Waals surface area contributed by atoms with Gasteiger partial charge >= 0.3 is 0 Å². The molecule has 0 fully saturated rings. The summed E-state index contributed by atoms with van der Waals surface area (Å²) in [5, 5.41) is 13.6. The van der Waals surface area contributed by atoms with E-state index in [1.165, 1.54) is 20.3 Å². The highest BCUT2D eigenvalue weighted by atomic mass is 19.1. The Morgan fingerprint density at radius 1 is 1.50 bits per heavy atom. The molecule has 0 aliphatic heterocycles. The quantitative estimate of drug-likeness (QED) is 0.625. The Kier molecular flexibility index (Phi) is 4.85. The molecule has 1 rings (SSSR count). The van der Waals surface area contributed by atoms with Gasteiger partial charge in [-0.15, -0.1) is 0 Å². The molecule has 0 aliphatic carbocycles. The van der Waals surface area contributed by atoms with Crippen molar-refractivity contribution in [2.75, 3.05) is 26.1 Å². The van der Waals surface area contributed by atoms with Crippen LogP contribution in [-0.2, 0) is 4.74 Å². The van der Waals surface area contributed by atoms with Crippen molar-refractivity contribution in [1.29, 1.82) is 0 Å². The van der Waals surface area contributed by atoms with Gasteiger partial charge in [0.05, 0.1) is 24.2 Å². The molecule has 18 heavy (non-hydrogen) atoms. The van der Waals surface area contributed by atoms with E-state index in [1.54, 1.807) is 6.92 Å². The molecule has 1 N–H and O–H groups in total. The van der Waals surface area contributed by atoms with Crippen LogP contribution in [0.2, 0.25) is 0 Å². The Hall–Kier alpha value is -1.89. The third-order valence-electron chi connectivity index (χ3n) is 2.45. The number of anilines is 1. The summed E-state index contributed by atoms with van der Waals surface area (Å²) < 4.78 is 23.2. The van der Waals surface area contributed by atoms with Crippen molar-refractivity contribution in [3.05, 3.63) is 28.1 Å². The number of nitrogens with one attached hydrogen (secondary N) is 1. The molecule has 1 aromatic rings. The fourth-order valence-corrected chi connectivity index (χ4v) is 1.33. The van der Waals surface area contributed by atoms with Gasteiger partial charge in [-0.25, -0.2) is 4.39 Å². The van der Waals surface area contributed by atoms with Crippen LogP contribution in [-0.4, -0.2) is 31.8 Å². The van der Waals surface area contributed by atoms with Crippen molar-refractivity contribution < 1.29 is 18.8 Å². The molecule has 0 radical (unpaired) electrons. The van der Waals surface area contributed by atoms with Crippen LogP contribution >= 0.6 is 0 Å². The van der Waals surface area contributed by atoms with Crippen molar-refractivity contribution in [3.8, 4) is 5.75 Å². The van der Waals surface area contributed by atoms with E-state index in [1.807, 2.05) is 0 Å². The van der Waals surface area contributed by atoms with Gasteiger partial charge in [-0.3, -0.25) is 10.1 Å². The molecule has 1 aromatic carbocycles. The van der Waals surface area contributed by atoms with Gasteiger partial charge in [0.25, 0.3) is 5.69 Å². The van der Waals surface area contributed by atoms with Crippen LogP contribution in [0.15, 0.2) is 12.1 Å². The van der Waals surface area contributed by atoms with Gasteiger partial charge in [0.15, 0.2) is 11.6 Å². The summed E-state index contributed by atoms with van der Waals surface area (Å²) in [5.74, 6) is -0.817. The highest BCUT2D eigenvalue weighted by Gasteiger charge is 2.19. The van der Waals surface area contributed by atoms with Crippen LogP contribution in [0.4, 0.5) is 15.8 Å². The molecule has 0 saturated carbocycles. The van der Waals surface area contributed by atoms with Crippen molar-refractivity contribution in [2.45, 2.75) is 13.0 Å². The fraction of sp³-hybridized carbons (Fsp3) is 0.455. The van der Waals surface area contributed by atoms with Crippen LogP contribution < -0.4 is 10.1 Å². The van der Waals surface area contributed by atoms with Gasteiger partial charge < -0.3 is 14.8 Å². The summed E-state index contributed by atoms with van der Waals surface area (Å²) in [7, 11) is 2.83. The predicted molar refractivity (Wildman–Crippen MR) is 64.6 cm³/mol. The molecule has 1 atom stereocenters. The minimum atomic E-state index is -0.769. The van der Waals surface area contributed by atoms with E-state index in [0.29, 0.717) is 6.54 Å². The highest BCUT2D eigenvalue weighted by Crippen LogP contribution is 2.31. The number of ether oxygens (including phenoxy) is 2. The van der Waals surface area contributed by atoms with E-state index < -0.39 is 10.7 Å². The number of benzene rings is 1. The second-order valence-corrected chi connectivity index (χ2v) is 3.69. The lowest BCUT2D eigenvalue weighted by atomic mass is 10.2. The second-order valence-electron chi connectivity index (χ2n) is 3.69. The molecule has 0 aromatic heterocycles. The highest BCUT2D eigenvalue weighted by molar-refractivity contribution is 5.64. The Morgan fingerprint density at radius 2 is 2.17 bits per heavy atom. The monoisotopic (exact) mass is 258 g/mol. The molecule has 0 heterocycles. The van der Waals surface area contributed by atoms with Crippen LogP contribution in [0.25, 0.3) is 0 Å². The minimum absolute atomic E-state index is 0.0480. The maximum atomic E-state index is 13.4. The lowest BCUT2D eigenvalue weighted by molar-refractivity contribution is -0.384. The number of hydrogen-bond donors (Lipinski definition) is 1. The number of nitro benzene ring substituents is 1. The normalized spacial score (nSPS) is 12.0. The summed E-state index contributed by atoms with van der Waals surface area (Å²) in [6.45, 7) is 2.17. The molecule has 0 aliphatic rings. The van der Waals surface area contributed by atoms with Crippen LogP contribution in [0.5, 0.6) is 5.75 Å². The maximum absolute atomic E-state index is 13.4. The minimum Gasteiger partial charge on any atom is -0.494 e. The average Bonchev–Trinajstić information content (AvgIpc) is 2.36. The van der Waals surface area contributed by atoms with E-state index in [0.717, 1.165) is 6.07 Å². The predicted octanol–water partition coefficient (Wildman–Crippen LogP) is 2.19. The molecule has 0 amide bonds. The average molecular weight is 258 g/mol. The molecular formula is C11H15FN2O4. The number of halogens is 1. The van der Waals surface area contributed by atoms with Crippen LogP contribution in [0, 0.1) is 15.9 Å². The lowest BCUT2D eigenvalue weighted by Crippen LogP contribution is -2.18. The molecular weight excluding hydrogens is 243 g/mol. The number of nitro groups is 1. The maximum Gasteiger partial charge on any atom is 0.295 e. The van der Waals surface area contributed by atoms with Gasteiger partial charge in [0.1, 0.15) is 5.69 Å². The van der Waals surface area contributed by atoms with E-state index in [-0.39, 0.29) is 23.2 Å². The van der Waals surface area contributed by atoms with Gasteiger partial charge in [-0.1, -0.05) is 0 Å². The Labute approximate surface area is 104 Å². The van der Waals surface area contributed by atoms with Crippen molar-refractivity contribution in [3.63, 3.8) is 0 Å². The molecule has 7 heteroatoms. The van der Waals surface area contributed by atoms with Crippen molar-refractivity contribution in [2.24, 2.45) is 0 Å². The standard InChI is InChI=1S/C11H15FN2O4/c1-7(17-2)6-13-9-5-11(18-3)8(12)4-10(9)14(15)16/h4-5,7,13H,6H2,1-3H3. The molecule has 6 nitrogen and oxygen atoms in total. The van der Waals surface area contributed by atoms with Crippen LogP contribution in [0.3, 0.4) is 0 Å². The first kappa shape index (κ1) is 14.2. The van der Waals surface area contributed by atoms with Gasteiger partial charge in [0, 0.05) is 19.7 Å². The molecule has 1 unspecified atom stereocenters. The second kappa shape index (κ2) is 6.15. The summed E-state index contributed by atoms with van der Waals surface area (Å²) in [5.41, 5.74) is -0.140. The zero-order valence-corrected chi connectivity index (χ0v) is 10.4. The number of rotatable bonds is 6. The first-order valence-electron chi connectivity index (χ1n) is 5.28. The number of methoxy groups -OCH3 is 2. The summed E-state index contributed by atoms with van der Waals surface area (Å²) in [4.78, 5) is 10.2. The SMILES string of the molecule is COc1cc(NCC(C)OC)c([N+](=O)[O-])cc1F. The first-order chi connectivity index (χ1) is 8.49. The topological polar surface area (TPSA) is 73.6 Å². The van der Waals surface area contributed by atoms with E-state index in [4.69, 9.17) is 9.47 Å². The molecule has 100 valence electrons. The Bertz CT molecular complexity index is 439. The Morgan fingerprint density at radius 3 is 2.67 bits per heavy atom. The van der Waals surface area contributed by atoms with Gasteiger partial charge in [-0.05, 0) is 6.92 Å². The van der Waals surface area contributed by atoms with Crippen molar-refractivity contribution >= 4 is 11.4 Å². The van der Waals surface area contributed by atoms with Crippen LogP contribution in [0.1, 0.15) is 6.92 Å². The summed E-state index contributed by atoms with van der Waals surface area (Å²) in [6, 6.07) is 2.09. The van der Waals surface area contributed by atoms with E-state index >= 15 is 0 Å². The summed E-state index contributed by atoms with van der Waals surface area (Å²) in [6.07, 6.45) is -0.124. The molecule has 0 spiro atoms. The van der Waals surface area contributed by atoms with Crippen molar-refractivity contribution in [1.82, 2.24) is 0 Å². The Balaban J connectivity index is 3.02. The van der Waals surface area contributed by atoms with Gasteiger partial charge in [-0.2, -0.15) is 0 Å². The first-order valence-corrected chi connectivity index (χ1v) is 5.28.